The molecule has 23 heavy (non-hydrogen) atoms. The number of pyridine rings is 1. The molecule has 2 heterocycles. The molecule has 4 nitrogen and oxygen atoms in total. The van der Waals surface area contributed by atoms with E-state index in [9.17, 15) is 5.11 Å². The van der Waals surface area contributed by atoms with Gasteiger partial charge in [-0.05, 0) is 44.5 Å². The number of aryl methyl sites for hydroxylation is 2. The van der Waals surface area contributed by atoms with E-state index in [1.165, 1.54) is 0 Å². The number of anilines is 1. The first-order chi connectivity index (χ1) is 11.0. The number of aromatic nitrogens is 1. The second kappa shape index (κ2) is 6.05. The lowest BCUT2D eigenvalue weighted by molar-refractivity contribution is 0.0468. The van der Waals surface area contributed by atoms with Crippen LogP contribution in [0.15, 0.2) is 46.9 Å². The van der Waals surface area contributed by atoms with Crippen LogP contribution in [0.4, 0.5) is 5.69 Å². The van der Waals surface area contributed by atoms with Crippen LogP contribution in [0, 0.1) is 6.92 Å². The summed E-state index contributed by atoms with van der Waals surface area (Å²) in [4.78, 5) is 4.64. The quantitative estimate of drug-likeness (QED) is 0.747. The predicted octanol–water partition coefficient (Wildman–Crippen LogP) is 4.02. The molecule has 4 heteroatoms. The van der Waals surface area contributed by atoms with Crippen LogP contribution in [-0.2, 0) is 12.0 Å². The fraction of sp³-hybridized carbons (Fsp3) is 0.316. The smallest absolute Gasteiger partial charge is 0.137 e. The minimum Gasteiger partial charge on any atom is -0.463 e. The maximum Gasteiger partial charge on any atom is 0.137 e. The van der Waals surface area contributed by atoms with Crippen LogP contribution in [-0.4, -0.2) is 16.6 Å². The van der Waals surface area contributed by atoms with Crippen LogP contribution in [0.3, 0.4) is 0 Å². The molecule has 0 bridgehead atoms. The normalized spacial score (nSPS) is 13.9. The molecule has 0 aliphatic rings. The average Bonchev–Trinajstić information content (AvgIpc) is 3.00. The van der Waals surface area contributed by atoms with Crippen molar-refractivity contribution in [2.24, 2.45) is 0 Å². The Kier molecular flexibility index (Phi) is 4.09. The van der Waals surface area contributed by atoms with Gasteiger partial charge in [0.25, 0.3) is 0 Å². The molecular formula is C19H22N2O2. The van der Waals surface area contributed by atoms with E-state index in [4.69, 9.17) is 4.42 Å². The van der Waals surface area contributed by atoms with Crippen molar-refractivity contribution in [2.75, 3.05) is 11.9 Å². The first kappa shape index (κ1) is 15.6. The minimum atomic E-state index is -1.08. The van der Waals surface area contributed by atoms with Crippen LogP contribution in [0.25, 0.3) is 10.9 Å². The Morgan fingerprint density at radius 2 is 2.00 bits per heavy atom. The van der Waals surface area contributed by atoms with Gasteiger partial charge in [0.2, 0.25) is 0 Å². The molecule has 2 N–H and O–H groups in total. The summed E-state index contributed by atoms with van der Waals surface area (Å²) < 4.78 is 5.57. The van der Waals surface area contributed by atoms with E-state index in [2.05, 4.69) is 17.2 Å². The van der Waals surface area contributed by atoms with Gasteiger partial charge in [-0.15, -0.1) is 0 Å². The second-order valence-corrected chi connectivity index (χ2v) is 6.07. The van der Waals surface area contributed by atoms with Gasteiger partial charge in [-0.25, -0.2) is 0 Å². The number of nitrogens with zero attached hydrogens (tertiary/aromatic N) is 1. The summed E-state index contributed by atoms with van der Waals surface area (Å²) in [6.07, 6.45) is 0.868. The lowest BCUT2D eigenvalue weighted by atomic mass is 10.0. The van der Waals surface area contributed by atoms with E-state index in [-0.39, 0.29) is 0 Å². The molecule has 0 radical (unpaired) electrons. The Morgan fingerprint density at radius 1 is 1.22 bits per heavy atom. The highest BCUT2D eigenvalue weighted by atomic mass is 16.4. The predicted molar refractivity (Wildman–Crippen MR) is 92.6 cm³/mol. The van der Waals surface area contributed by atoms with Crippen molar-refractivity contribution in [3.8, 4) is 0 Å². The van der Waals surface area contributed by atoms with Gasteiger partial charge in [0, 0.05) is 16.8 Å². The van der Waals surface area contributed by atoms with Crippen molar-refractivity contribution < 1.29 is 9.52 Å². The van der Waals surface area contributed by atoms with E-state index in [0.29, 0.717) is 12.3 Å². The number of fused-ring (bicyclic) bond motifs is 1. The fourth-order valence-corrected chi connectivity index (χ4v) is 2.64. The van der Waals surface area contributed by atoms with Crippen molar-refractivity contribution in [1.29, 1.82) is 0 Å². The van der Waals surface area contributed by atoms with Crippen molar-refractivity contribution >= 4 is 16.6 Å². The SMILES string of the molecule is CCc1cc(NCC(C)(O)c2ccc(C)o2)c2ccccc2n1. The van der Waals surface area contributed by atoms with E-state index in [1.54, 1.807) is 6.92 Å². The lowest BCUT2D eigenvalue weighted by Gasteiger charge is -2.22. The Hall–Kier alpha value is -2.33. The zero-order chi connectivity index (χ0) is 16.4. The van der Waals surface area contributed by atoms with Crippen LogP contribution in [0.5, 0.6) is 0 Å². The maximum absolute atomic E-state index is 10.7. The third kappa shape index (κ3) is 3.22. The van der Waals surface area contributed by atoms with Gasteiger partial charge in [-0.1, -0.05) is 25.1 Å². The highest BCUT2D eigenvalue weighted by Gasteiger charge is 2.26. The largest absolute Gasteiger partial charge is 0.463 e. The molecule has 0 fully saturated rings. The summed E-state index contributed by atoms with van der Waals surface area (Å²) >= 11 is 0. The van der Waals surface area contributed by atoms with Crippen molar-refractivity contribution in [1.82, 2.24) is 4.98 Å². The fourth-order valence-electron chi connectivity index (χ4n) is 2.64. The number of hydrogen-bond acceptors (Lipinski definition) is 4. The second-order valence-electron chi connectivity index (χ2n) is 6.07. The molecule has 120 valence electrons. The van der Waals surface area contributed by atoms with Crippen LogP contribution >= 0.6 is 0 Å². The number of para-hydroxylation sites is 1. The maximum atomic E-state index is 10.7. The first-order valence-electron chi connectivity index (χ1n) is 7.91. The van der Waals surface area contributed by atoms with Gasteiger partial charge in [0.15, 0.2) is 0 Å². The van der Waals surface area contributed by atoms with Crippen molar-refractivity contribution in [2.45, 2.75) is 32.8 Å². The van der Waals surface area contributed by atoms with E-state index in [1.807, 2.05) is 49.4 Å². The highest BCUT2D eigenvalue weighted by molar-refractivity contribution is 5.91. The van der Waals surface area contributed by atoms with Crippen LogP contribution < -0.4 is 5.32 Å². The molecule has 1 unspecified atom stereocenters. The summed E-state index contributed by atoms with van der Waals surface area (Å²) in [5.41, 5.74) is 1.89. The number of rotatable bonds is 5. The molecule has 0 aliphatic heterocycles. The lowest BCUT2D eigenvalue weighted by Crippen LogP contribution is -2.30. The summed E-state index contributed by atoms with van der Waals surface area (Å²) in [6.45, 7) is 6.07. The topological polar surface area (TPSA) is 58.3 Å². The van der Waals surface area contributed by atoms with E-state index >= 15 is 0 Å². The molecule has 0 saturated heterocycles. The monoisotopic (exact) mass is 310 g/mol. The Bertz CT molecular complexity index is 821. The zero-order valence-corrected chi connectivity index (χ0v) is 13.8. The van der Waals surface area contributed by atoms with Gasteiger partial charge in [-0.3, -0.25) is 4.98 Å². The molecule has 1 atom stereocenters. The van der Waals surface area contributed by atoms with E-state index in [0.717, 1.165) is 34.5 Å². The number of furan rings is 1. The summed E-state index contributed by atoms with van der Waals surface area (Å²) in [7, 11) is 0. The van der Waals surface area contributed by atoms with Gasteiger partial charge in [0.05, 0.1) is 12.1 Å². The molecule has 0 spiro atoms. The zero-order valence-electron chi connectivity index (χ0n) is 13.8. The summed E-state index contributed by atoms with van der Waals surface area (Å²) in [5.74, 6) is 1.36. The number of benzene rings is 1. The molecule has 0 aliphatic carbocycles. The standard InChI is InChI=1S/C19H22N2O2/c1-4-14-11-17(15-7-5-6-8-16(15)21-14)20-12-19(3,22)18-10-9-13(2)23-18/h5-11,22H,4,12H2,1-3H3,(H,20,21). The van der Waals surface area contributed by atoms with Gasteiger partial charge in [-0.2, -0.15) is 0 Å². The third-order valence-corrected chi connectivity index (χ3v) is 4.03. The Labute approximate surface area is 136 Å². The molecule has 0 saturated carbocycles. The number of hydrogen-bond donors (Lipinski definition) is 2. The first-order valence-corrected chi connectivity index (χ1v) is 7.91. The highest BCUT2D eigenvalue weighted by Crippen LogP contribution is 2.27. The Morgan fingerprint density at radius 3 is 2.70 bits per heavy atom. The summed E-state index contributed by atoms with van der Waals surface area (Å²) in [6, 6.07) is 13.8. The molecule has 2 aromatic heterocycles. The van der Waals surface area contributed by atoms with Gasteiger partial charge in [0.1, 0.15) is 17.1 Å². The number of aliphatic hydroxyl groups is 1. The molecule has 1 aromatic carbocycles. The Balaban J connectivity index is 1.89. The molecule has 3 aromatic rings. The molecular weight excluding hydrogens is 288 g/mol. The van der Waals surface area contributed by atoms with Gasteiger partial charge < -0.3 is 14.8 Å². The summed E-state index contributed by atoms with van der Waals surface area (Å²) in [5, 5.41) is 15.1. The van der Waals surface area contributed by atoms with Crippen LogP contribution in [0.2, 0.25) is 0 Å². The molecule has 0 amide bonds. The van der Waals surface area contributed by atoms with Crippen LogP contribution in [0.1, 0.15) is 31.1 Å². The van der Waals surface area contributed by atoms with Crippen molar-refractivity contribution in [3.63, 3.8) is 0 Å². The van der Waals surface area contributed by atoms with Crippen molar-refractivity contribution in [3.05, 3.63) is 59.7 Å². The van der Waals surface area contributed by atoms with E-state index < -0.39 is 5.60 Å². The molecule has 3 rings (SSSR count). The average molecular weight is 310 g/mol. The minimum absolute atomic E-state index is 0.358. The third-order valence-electron chi connectivity index (χ3n) is 4.03. The number of nitrogens with one attached hydrogen (secondary N) is 1. The van der Waals surface area contributed by atoms with Gasteiger partial charge >= 0.3 is 0 Å².